The van der Waals surface area contributed by atoms with E-state index in [9.17, 15) is 22.8 Å². The van der Waals surface area contributed by atoms with Crippen LogP contribution in [0.1, 0.15) is 51.1 Å². The van der Waals surface area contributed by atoms with E-state index < -0.39 is 52.6 Å². The van der Waals surface area contributed by atoms with E-state index in [0.29, 0.717) is 42.3 Å². The van der Waals surface area contributed by atoms with Gasteiger partial charge in [0.2, 0.25) is 5.91 Å². The number of hydrogen-bond donors (Lipinski definition) is 2. The molecule has 0 saturated carbocycles. The minimum atomic E-state index is -4.84. The van der Waals surface area contributed by atoms with E-state index in [1.54, 1.807) is 4.68 Å². The van der Waals surface area contributed by atoms with Crippen molar-refractivity contribution in [2.75, 3.05) is 37.4 Å². The van der Waals surface area contributed by atoms with Gasteiger partial charge in [-0.2, -0.15) is 28.2 Å². The maximum absolute atomic E-state index is 15.0. The molecule has 2 aromatic heterocycles. The van der Waals surface area contributed by atoms with E-state index in [1.165, 1.54) is 12.0 Å². The standard InChI is InChI=1S/C27H27ClF4N8O4/c1-43-26-35-16-7-18(19-14(27(30,31)32)3-4-15(33)21(19)29)44-11-13(16)24(36-26)38-5-2-6-40-17(10-38)20(28)22(37-40)25(42)39-8-12(9-39)23(34)41/h3-4,12,18H,2,5-11,33H2,1H3,(H2,34,41). The lowest BCUT2D eigenvalue weighted by Crippen LogP contribution is -2.54. The lowest BCUT2D eigenvalue weighted by molar-refractivity contribution is -0.140. The van der Waals surface area contributed by atoms with Crippen LogP contribution < -0.4 is 21.1 Å². The van der Waals surface area contributed by atoms with Crippen molar-refractivity contribution in [3.8, 4) is 6.01 Å². The van der Waals surface area contributed by atoms with Gasteiger partial charge in [0.1, 0.15) is 5.82 Å². The molecule has 3 aliphatic rings. The van der Waals surface area contributed by atoms with E-state index in [-0.39, 0.29) is 49.4 Å². The van der Waals surface area contributed by atoms with Crippen molar-refractivity contribution in [2.24, 2.45) is 11.7 Å². The molecule has 1 saturated heterocycles. The number of rotatable bonds is 5. The monoisotopic (exact) mass is 638 g/mol. The fourth-order valence-corrected chi connectivity index (χ4v) is 5.99. The van der Waals surface area contributed by atoms with Gasteiger partial charge in [-0.25, -0.2) is 4.39 Å². The Kier molecular flexibility index (Phi) is 7.52. The van der Waals surface area contributed by atoms with Crippen molar-refractivity contribution < 1.29 is 36.6 Å². The first-order valence-electron chi connectivity index (χ1n) is 13.7. The van der Waals surface area contributed by atoms with Crippen LogP contribution in [0.25, 0.3) is 0 Å². The molecule has 1 atom stereocenters. The SMILES string of the molecule is COc1nc2c(c(N3CCCn4nc(C(=O)N5CC(C(N)=O)C5)c(Cl)c4C3)n1)COC(c1c(C(F)(F)F)ccc(N)c1F)C2. The van der Waals surface area contributed by atoms with E-state index in [4.69, 9.17) is 32.5 Å². The van der Waals surface area contributed by atoms with Crippen LogP contribution in [-0.4, -0.2) is 63.2 Å². The topological polar surface area (TPSA) is 155 Å². The molecule has 3 aromatic rings. The number of aryl methyl sites for hydroxylation is 1. The number of nitrogens with two attached hydrogens (primary N) is 2. The fourth-order valence-electron chi connectivity index (χ4n) is 5.71. The number of ether oxygens (including phenoxy) is 2. The number of methoxy groups -OCH3 is 1. The average Bonchev–Trinajstić information content (AvgIpc) is 3.11. The first-order valence-corrected chi connectivity index (χ1v) is 14.0. The number of fused-ring (bicyclic) bond motifs is 2. The normalized spacial score (nSPS) is 18.7. The van der Waals surface area contributed by atoms with E-state index in [2.05, 4.69) is 15.1 Å². The average molecular weight is 639 g/mol. The predicted octanol–water partition coefficient (Wildman–Crippen LogP) is 2.86. The molecule has 3 aliphatic heterocycles. The number of hydrogen-bond acceptors (Lipinski definition) is 9. The minimum absolute atomic E-state index is 0.0370. The fraction of sp³-hybridized carbons (Fsp3) is 0.444. The molecule has 44 heavy (non-hydrogen) atoms. The Labute approximate surface area is 252 Å². The van der Waals surface area contributed by atoms with E-state index in [1.807, 2.05) is 4.90 Å². The molecule has 0 spiro atoms. The quantitative estimate of drug-likeness (QED) is 0.317. The number of nitrogens with zero attached hydrogens (tertiary/aromatic N) is 6. The van der Waals surface area contributed by atoms with Crippen LogP contribution in [-0.2, 0) is 41.8 Å². The first-order chi connectivity index (χ1) is 20.9. The second-order valence-electron chi connectivity index (χ2n) is 10.8. The Morgan fingerprint density at radius 3 is 2.61 bits per heavy atom. The van der Waals surface area contributed by atoms with Gasteiger partial charge in [0, 0.05) is 43.7 Å². The predicted molar refractivity (Wildman–Crippen MR) is 147 cm³/mol. The molecule has 17 heteroatoms. The number of anilines is 2. The zero-order valence-corrected chi connectivity index (χ0v) is 24.1. The number of halogens is 5. The highest BCUT2D eigenvalue weighted by Crippen LogP contribution is 2.43. The Bertz CT molecular complexity index is 1660. The largest absolute Gasteiger partial charge is 0.467 e. The third kappa shape index (κ3) is 5.15. The Morgan fingerprint density at radius 2 is 1.93 bits per heavy atom. The summed E-state index contributed by atoms with van der Waals surface area (Å²) in [6.45, 7) is 1.27. The van der Waals surface area contributed by atoms with E-state index in [0.717, 1.165) is 12.1 Å². The number of amides is 2. The van der Waals surface area contributed by atoms with Crippen molar-refractivity contribution in [1.82, 2.24) is 24.6 Å². The summed E-state index contributed by atoms with van der Waals surface area (Å²) in [6, 6.07) is 1.57. The molecule has 234 valence electrons. The second-order valence-corrected chi connectivity index (χ2v) is 11.2. The maximum Gasteiger partial charge on any atom is 0.416 e. The molecule has 0 bridgehead atoms. The number of primary amides is 1. The molecule has 5 heterocycles. The molecule has 6 rings (SSSR count). The van der Waals surface area contributed by atoms with Gasteiger partial charge in [-0.05, 0) is 18.6 Å². The van der Waals surface area contributed by atoms with Gasteiger partial charge in [-0.15, -0.1) is 0 Å². The van der Waals surface area contributed by atoms with Gasteiger partial charge in [0.15, 0.2) is 11.5 Å². The molecule has 0 aliphatic carbocycles. The lowest BCUT2D eigenvalue weighted by atomic mass is 9.94. The molecule has 1 aromatic carbocycles. The summed E-state index contributed by atoms with van der Waals surface area (Å²) in [5, 5.41) is 4.61. The Morgan fingerprint density at radius 1 is 1.18 bits per heavy atom. The summed E-state index contributed by atoms with van der Waals surface area (Å²) >= 11 is 6.69. The van der Waals surface area contributed by atoms with Crippen LogP contribution in [0, 0.1) is 11.7 Å². The summed E-state index contributed by atoms with van der Waals surface area (Å²) < 4.78 is 69.3. The second kappa shape index (κ2) is 11.1. The molecule has 1 unspecified atom stereocenters. The van der Waals surface area contributed by atoms with Crippen molar-refractivity contribution in [1.29, 1.82) is 0 Å². The van der Waals surface area contributed by atoms with Crippen LogP contribution in [0.2, 0.25) is 5.02 Å². The first kappa shape index (κ1) is 29.9. The van der Waals surface area contributed by atoms with Gasteiger partial charge in [0.25, 0.3) is 5.91 Å². The zero-order chi connectivity index (χ0) is 31.5. The number of alkyl halides is 3. The van der Waals surface area contributed by atoms with Gasteiger partial charge >= 0.3 is 12.2 Å². The van der Waals surface area contributed by atoms with Gasteiger partial charge in [-0.3, -0.25) is 14.3 Å². The van der Waals surface area contributed by atoms with Gasteiger partial charge < -0.3 is 30.7 Å². The number of carbonyl (C=O) groups is 2. The number of aromatic nitrogens is 4. The van der Waals surface area contributed by atoms with Gasteiger partial charge in [-0.1, -0.05) is 11.6 Å². The smallest absolute Gasteiger partial charge is 0.416 e. The molecule has 4 N–H and O–H groups in total. The van der Waals surface area contributed by atoms with Crippen LogP contribution in [0.5, 0.6) is 6.01 Å². The highest BCUT2D eigenvalue weighted by atomic mass is 35.5. The maximum atomic E-state index is 15.0. The van der Waals surface area contributed by atoms with Crippen molar-refractivity contribution in [3.63, 3.8) is 0 Å². The summed E-state index contributed by atoms with van der Waals surface area (Å²) in [7, 11) is 1.35. The third-order valence-electron chi connectivity index (χ3n) is 8.08. The number of likely N-dealkylation sites (tertiary alicyclic amines) is 1. The zero-order valence-electron chi connectivity index (χ0n) is 23.3. The summed E-state index contributed by atoms with van der Waals surface area (Å²) in [5.74, 6) is -2.09. The number of benzene rings is 1. The molecule has 1 fully saturated rings. The minimum Gasteiger partial charge on any atom is -0.467 e. The van der Waals surface area contributed by atoms with E-state index >= 15 is 4.39 Å². The molecular weight excluding hydrogens is 612 g/mol. The molecular formula is C27H27ClF4N8O4. The summed E-state index contributed by atoms with van der Waals surface area (Å²) in [4.78, 5) is 36.7. The van der Waals surface area contributed by atoms with Crippen molar-refractivity contribution >= 4 is 34.9 Å². The lowest BCUT2D eigenvalue weighted by Gasteiger charge is -2.36. The molecule has 0 radical (unpaired) electrons. The molecule has 2 amide bonds. The number of nitrogen functional groups attached to an aromatic ring is 1. The highest BCUT2D eigenvalue weighted by molar-refractivity contribution is 6.34. The summed E-state index contributed by atoms with van der Waals surface area (Å²) in [6.07, 6.45) is -5.77. The highest BCUT2D eigenvalue weighted by Gasteiger charge is 2.41. The Balaban J connectivity index is 1.31. The van der Waals surface area contributed by atoms with Crippen molar-refractivity contribution in [3.05, 3.63) is 56.7 Å². The van der Waals surface area contributed by atoms with Crippen LogP contribution >= 0.6 is 11.6 Å². The molecule has 12 nitrogen and oxygen atoms in total. The number of carbonyl (C=O) groups excluding carboxylic acids is 2. The third-order valence-corrected chi connectivity index (χ3v) is 8.48. The van der Waals surface area contributed by atoms with Crippen molar-refractivity contribution in [2.45, 2.75) is 44.8 Å². The Hall–Kier alpha value is -4.18. The summed E-state index contributed by atoms with van der Waals surface area (Å²) in [5.41, 5.74) is 10.1. The van der Waals surface area contributed by atoms with Crippen LogP contribution in [0.4, 0.5) is 29.1 Å². The van der Waals surface area contributed by atoms with Crippen LogP contribution in [0.15, 0.2) is 12.1 Å². The van der Waals surface area contributed by atoms with Gasteiger partial charge in [0.05, 0.1) is 59.9 Å². The van der Waals surface area contributed by atoms with Crippen LogP contribution in [0.3, 0.4) is 0 Å².